The highest BCUT2D eigenvalue weighted by molar-refractivity contribution is 7.22. The molecule has 3 aromatic rings. The SMILES string of the molecule is Cc1cc(C)c2sc(N(CCN(C)C)C(=O)c3ccc(C#N)cc3)nc2c1.Cl. The van der Waals surface area contributed by atoms with Gasteiger partial charge in [0.05, 0.1) is 21.8 Å². The molecule has 0 fully saturated rings. The fraction of sp³-hybridized carbons (Fsp3) is 0.286. The van der Waals surface area contributed by atoms with Gasteiger partial charge in [-0.3, -0.25) is 9.69 Å². The summed E-state index contributed by atoms with van der Waals surface area (Å²) >= 11 is 1.55. The molecule has 0 unspecified atom stereocenters. The number of nitrogens with zero attached hydrogens (tertiary/aromatic N) is 4. The normalized spacial score (nSPS) is 10.6. The lowest BCUT2D eigenvalue weighted by Crippen LogP contribution is -2.36. The molecule has 3 rings (SSSR count). The first kappa shape index (κ1) is 21.8. The zero-order valence-corrected chi connectivity index (χ0v) is 18.0. The van der Waals surface area contributed by atoms with Crippen molar-refractivity contribution in [3.05, 3.63) is 58.7 Å². The number of hydrogen-bond acceptors (Lipinski definition) is 5. The predicted molar refractivity (Wildman–Crippen MR) is 118 cm³/mol. The third kappa shape index (κ3) is 4.68. The molecule has 146 valence electrons. The zero-order chi connectivity index (χ0) is 19.6. The maximum absolute atomic E-state index is 13.2. The number of halogens is 1. The minimum absolute atomic E-state index is 0. The molecule has 7 heteroatoms. The second-order valence-corrected chi connectivity index (χ2v) is 7.85. The van der Waals surface area contributed by atoms with Crippen molar-refractivity contribution in [2.75, 3.05) is 32.1 Å². The van der Waals surface area contributed by atoms with Crippen molar-refractivity contribution in [1.29, 1.82) is 5.26 Å². The molecule has 0 spiro atoms. The van der Waals surface area contributed by atoms with Gasteiger partial charge in [0.15, 0.2) is 5.13 Å². The van der Waals surface area contributed by atoms with Crippen molar-refractivity contribution >= 4 is 45.0 Å². The molecule has 0 bridgehead atoms. The molecule has 0 radical (unpaired) electrons. The van der Waals surface area contributed by atoms with Gasteiger partial charge in [0.1, 0.15) is 0 Å². The molecule has 1 heterocycles. The molecule has 1 amide bonds. The van der Waals surface area contributed by atoms with Gasteiger partial charge in [-0.1, -0.05) is 17.4 Å². The number of aromatic nitrogens is 1. The average Bonchev–Trinajstić information content (AvgIpc) is 3.05. The summed E-state index contributed by atoms with van der Waals surface area (Å²) in [6.07, 6.45) is 0. The van der Waals surface area contributed by atoms with Crippen LogP contribution < -0.4 is 4.90 Å². The molecule has 0 aliphatic heterocycles. The first-order valence-corrected chi connectivity index (χ1v) is 9.55. The Hall–Kier alpha value is -2.46. The number of carbonyl (C=O) groups excluding carboxylic acids is 1. The van der Waals surface area contributed by atoms with E-state index < -0.39 is 0 Å². The fourth-order valence-corrected chi connectivity index (χ4v) is 3.95. The lowest BCUT2D eigenvalue weighted by atomic mass is 10.1. The number of thiazole rings is 1. The number of amides is 1. The maximum atomic E-state index is 13.2. The second kappa shape index (κ2) is 9.16. The topological polar surface area (TPSA) is 60.2 Å². The van der Waals surface area contributed by atoms with Gasteiger partial charge in [0.2, 0.25) is 0 Å². The van der Waals surface area contributed by atoms with E-state index in [4.69, 9.17) is 10.2 Å². The van der Waals surface area contributed by atoms with E-state index in [0.717, 1.165) is 22.3 Å². The van der Waals surface area contributed by atoms with Crippen LogP contribution in [0.3, 0.4) is 0 Å². The first-order valence-electron chi connectivity index (χ1n) is 8.73. The van der Waals surface area contributed by atoms with Crippen LogP contribution in [0.1, 0.15) is 27.0 Å². The standard InChI is InChI=1S/C21H22N4OS.ClH/c1-14-11-15(2)19-18(12-14)23-21(27-19)25(10-9-24(3)4)20(26)17-7-5-16(13-22)6-8-17;/h5-8,11-12H,9-10H2,1-4H3;1H. The van der Waals surface area contributed by atoms with Crippen molar-refractivity contribution < 1.29 is 4.79 Å². The molecular formula is C21H23ClN4OS. The number of benzene rings is 2. The number of likely N-dealkylation sites (N-methyl/N-ethyl adjacent to an activating group) is 1. The van der Waals surface area contributed by atoms with Crippen LogP contribution in [0.15, 0.2) is 36.4 Å². The van der Waals surface area contributed by atoms with Crippen LogP contribution in [0.25, 0.3) is 10.2 Å². The van der Waals surface area contributed by atoms with E-state index in [0.29, 0.717) is 22.8 Å². The number of anilines is 1. The monoisotopic (exact) mass is 414 g/mol. The van der Waals surface area contributed by atoms with Crippen molar-refractivity contribution in [2.45, 2.75) is 13.8 Å². The number of nitriles is 1. The van der Waals surface area contributed by atoms with Crippen molar-refractivity contribution in [3.63, 3.8) is 0 Å². The van der Waals surface area contributed by atoms with E-state index in [1.54, 1.807) is 40.5 Å². The largest absolute Gasteiger partial charge is 0.308 e. The number of carbonyl (C=O) groups is 1. The highest BCUT2D eigenvalue weighted by Crippen LogP contribution is 2.32. The lowest BCUT2D eigenvalue weighted by molar-refractivity contribution is 0.0985. The highest BCUT2D eigenvalue weighted by atomic mass is 35.5. The van der Waals surface area contributed by atoms with Gasteiger partial charge in [-0.05, 0) is 69.4 Å². The van der Waals surface area contributed by atoms with Crippen LogP contribution in [0.2, 0.25) is 0 Å². The van der Waals surface area contributed by atoms with E-state index in [-0.39, 0.29) is 18.3 Å². The number of fused-ring (bicyclic) bond motifs is 1. The Morgan fingerprint density at radius 1 is 1.14 bits per heavy atom. The molecule has 0 aliphatic carbocycles. The van der Waals surface area contributed by atoms with Crippen LogP contribution in [-0.4, -0.2) is 43.0 Å². The fourth-order valence-electron chi connectivity index (χ4n) is 2.91. The molecule has 0 atom stereocenters. The van der Waals surface area contributed by atoms with Crippen molar-refractivity contribution in [1.82, 2.24) is 9.88 Å². The second-order valence-electron chi connectivity index (χ2n) is 6.88. The van der Waals surface area contributed by atoms with Crippen LogP contribution >= 0.6 is 23.7 Å². The van der Waals surface area contributed by atoms with E-state index >= 15 is 0 Å². The van der Waals surface area contributed by atoms with E-state index in [1.807, 2.05) is 19.0 Å². The van der Waals surface area contributed by atoms with Crippen molar-refractivity contribution in [3.8, 4) is 6.07 Å². The van der Waals surface area contributed by atoms with Crippen LogP contribution in [0.4, 0.5) is 5.13 Å². The highest BCUT2D eigenvalue weighted by Gasteiger charge is 2.22. The summed E-state index contributed by atoms with van der Waals surface area (Å²) in [5, 5.41) is 9.67. The Bertz CT molecular complexity index is 1020. The van der Waals surface area contributed by atoms with Crippen LogP contribution in [-0.2, 0) is 0 Å². The minimum Gasteiger partial charge on any atom is -0.308 e. The van der Waals surface area contributed by atoms with Gasteiger partial charge in [-0.25, -0.2) is 4.98 Å². The molecule has 2 aromatic carbocycles. The average molecular weight is 415 g/mol. The molecule has 0 saturated carbocycles. The minimum atomic E-state index is -0.102. The Labute approximate surface area is 175 Å². The summed E-state index contributed by atoms with van der Waals surface area (Å²) in [4.78, 5) is 21.7. The maximum Gasteiger partial charge on any atom is 0.260 e. The summed E-state index contributed by atoms with van der Waals surface area (Å²) in [6.45, 7) is 5.40. The Morgan fingerprint density at radius 2 is 1.82 bits per heavy atom. The molecular weight excluding hydrogens is 392 g/mol. The van der Waals surface area contributed by atoms with E-state index in [1.165, 1.54) is 5.56 Å². The van der Waals surface area contributed by atoms with Gasteiger partial charge in [-0.15, -0.1) is 12.4 Å². The Balaban J connectivity index is 0.00000280. The number of aryl methyl sites for hydroxylation is 2. The molecule has 0 aliphatic rings. The third-order valence-electron chi connectivity index (χ3n) is 4.32. The summed E-state index contributed by atoms with van der Waals surface area (Å²) in [5.74, 6) is -0.102. The molecule has 5 nitrogen and oxygen atoms in total. The zero-order valence-electron chi connectivity index (χ0n) is 16.4. The van der Waals surface area contributed by atoms with Gasteiger partial charge in [0.25, 0.3) is 5.91 Å². The predicted octanol–water partition coefficient (Wildman–Crippen LogP) is 4.42. The van der Waals surface area contributed by atoms with E-state index in [2.05, 4.69) is 32.0 Å². The molecule has 1 aromatic heterocycles. The van der Waals surface area contributed by atoms with E-state index in [9.17, 15) is 4.79 Å². The van der Waals surface area contributed by atoms with Gasteiger partial charge < -0.3 is 4.90 Å². The number of hydrogen-bond donors (Lipinski definition) is 0. The van der Waals surface area contributed by atoms with Gasteiger partial charge >= 0.3 is 0 Å². The van der Waals surface area contributed by atoms with Crippen LogP contribution in [0.5, 0.6) is 0 Å². The molecule has 28 heavy (non-hydrogen) atoms. The Kier molecular flexibility index (Phi) is 7.14. The summed E-state index contributed by atoms with van der Waals surface area (Å²) in [6, 6.07) is 13.0. The van der Waals surface area contributed by atoms with Gasteiger partial charge in [0, 0.05) is 18.7 Å². The van der Waals surface area contributed by atoms with Crippen LogP contribution in [0, 0.1) is 25.2 Å². The lowest BCUT2D eigenvalue weighted by Gasteiger charge is -2.22. The molecule has 0 saturated heterocycles. The Morgan fingerprint density at radius 3 is 2.43 bits per heavy atom. The molecule has 0 N–H and O–H groups in total. The van der Waals surface area contributed by atoms with Gasteiger partial charge in [-0.2, -0.15) is 5.26 Å². The smallest absolute Gasteiger partial charge is 0.260 e. The third-order valence-corrected chi connectivity index (χ3v) is 5.55. The summed E-state index contributed by atoms with van der Waals surface area (Å²) < 4.78 is 1.11. The first-order chi connectivity index (χ1) is 12.9. The number of rotatable bonds is 5. The van der Waals surface area contributed by atoms with Crippen molar-refractivity contribution in [2.24, 2.45) is 0 Å². The quantitative estimate of drug-likeness (QED) is 0.620. The summed E-state index contributed by atoms with van der Waals surface area (Å²) in [5.41, 5.74) is 4.36. The summed E-state index contributed by atoms with van der Waals surface area (Å²) in [7, 11) is 3.96.